The van der Waals surface area contributed by atoms with Gasteiger partial charge in [-0.3, -0.25) is 4.79 Å². The summed E-state index contributed by atoms with van der Waals surface area (Å²) in [5, 5.41) is 3.54. The van der Waals surface area contributed by atoms with Crippen LogP contribution in [0.4, 0.5) is 5.69 Å². The third-order valence-electron chi connectivity index (χ3n) is 4.01. The van der Waals surface area contributed by atoms with Crippen molar-refractivity contribution in [1.29, 1.82) is 0 Å². The first-order valence-corrected chi connectivity index (χ1v) is 8.57. The van der Waals surface area contributed by atoms with Crippen molar-refractivity contribution >= 4 is 23.2 Å². The summed E-state index contributed by atoms with van der Waals surface area (Å²) < 4.78 is 0. The first kappa shape index (κ1) is 18.5. The van der Waals surface area contributed by atoms with Gasteiger partial charge in [-0.2, -0.15) is 0 Å². The molecule has 2 aromatic rings. The first-order chi connectivity index (χ1) is 11.0. The SMILES string of the molecule is CC(C)(C)c1cc(C(=O)Nc2cccc(Cl)c2)cc(C(C)(C)C)c1. The van der Waals surface area contributed by atoms with Crippen LogP contribution in [0.1, 0.15) is 63.0 Å². The van der Waals surface area contributed by atoms with Crippen molar-refractivity contribution in [1.82, 2.24) is 0 Å². The van der Waals surface area contributed by atoms with Crippen LogP contribution in [0, 0.1) is 0 Å². The zero-order chi connectivity index (χ0) is 18.1. The van der Waals surface area contributed by atoms with E-state index >= 15 is 0 Å². The van der Waals surface area contributed by atoms with E-state index in [2.05, 4.69) is 52.9 Å². The predicted octanol–water partition coefficient (Wildman–Crippen LogP) is 6.19. The van der Waals surface area contributed by atoms with Crippen LogP contribution in [0.25, 0.3) is 0 Å². The van der Waals surface area contributed by atoms with E-state index in [0.29, 0.717) is 16.3 Å². The summed E-state index contributed by atoms with van der Waals surface area (Å²) in [7, 11) is 0. The van der Waals surface area contributed by atoms with Crippen LogP contribution < -0.4 is 5.32 Å². The van der Waals surface area contributed by atoms with Crippen molar-refractivity contribution in [2.45, 2.75) is 52.4 Å². The molecule has 0 aliphatic heterocycles. The smallest absolute Gasteiger partial charge is 0.255 e. The summed E-state index contributed by atoms with van der Waals surface area (Å²) in [6.07, 6.45) is 0. The van der Waals surface area contributed by atoms with Gasteiger partial charge in [-0.05, 0) is 52.3 Å². The molecule has 0 saturated heterocycles. The number of halogens is 1. The third kappa shape index (κ3) is 4.61. The molecule has 2 rings (SSSR count). The average molecular weight is 344 g/mol. The summed E-state index contributed by atoms with van der Waals surface area (Å²) in [5.41, 5.74) is 3.65. The van der Waals surface area contributed by atoms with Crippen molar-refractivity contribution in [3.05, 3.63) is 64.2 Å². The summed E-state index contributed by atoms with van der Waals surface area (Å²) in [5.74, 6) is -0.117. The van der Waals surface area contributed by atoms with E-state index in [1.165, 1.54) is 0 Å². The fourth-order valence-corrected chi connectivity index (χ4v) is 2.58. The molecule has 3 heteroatoms. The highest BCUT2D eigenvalue weighted by atomic mass is 35.5. The number of nitrogens with one attached hydrogen (secondary N) is 1. The quantitative estimate of drug-likeness (QED) is 0.692. The molecule has 0 heterocycles. The molecule has 2 aromatic carbocycles. The Morgan fingerprint density at radius 1 is 0.875 bits per heavy atom. The normalized spacial score (nSPS) is 12.1. The first-order valence-electron chi connectivity index (χ1n) is 8.20. The maximum Gasteiger partial charge on any atom is 0.255 e. The molecule has 0 aliphatic rings. The van der Waals surface area contributed by atoms with Gasteiger partial charge >= 0.3 is 0 Å². The number of anilines is 1. The topological polar surface area (TPSA) is 29.1 Å². The lowest BCUT2D eigenvalue weighted by Crippen LogP contribution is -2.20. The van der Waals surface area contributed by atoms with Gasteiger partial charge in [0.2, 0.25) is 0 Å². The van der Waals surface area contributed by atoms with Crippen LogP contribution in [-0.4, -0.2) is 5.91 Å². The fourth-order valence-electron chi connectivity index (χ4n) is 2.39. The molecular formula is C21H26ClNO. The van der Waals surface area contributed by atoms with E-state index in [0.717, 1.165) is 11.1 Å². The van der Waals surface area contributed by atoms with E-state index in [-0.39, 0.29) is 16.7 Å². The van der Waals surface area contributed by atoms with Crippen molar-refractivity contribution in [2.75, 3.05) is 5.32 Å². The van der Waals surface area contributed by atoms with Crippen molar-refractivity contribution in [3.63, 3.8) is 0 Å². The maximum absolute atomic E-state index is 12.7. The Kier molecular flexibility index (Phi) is 5.10. The summed E-state index contributed by atoms with van der Waals surface area (Å²) in [4.78, 5) is 12.7. The van der Waals surface area contributed by atoms with Crippen LogP contribution in [0.2, 0.25) is 5.02 Å². The Hall–Kier alpha value is -1.80. The van der Waals surface area contributed by atoms with Gasteiger partial charge in [-0.15, -0.1) is 0 Å². The number of hydrogen-bond acceptors (Lipinski definition) is 1. The minimum atomic E-state index is -0.117. The number of carbonyl (C=O) groups is 1. The van der Waals surface area contributed by atoms with Gasteiger partial charge in [0.25, 0.3) is 5.91 Å². The van der Waals surface area contributed by atoms with E-state index in [9.17, 15) is 4.79 Å². The van der Waals surface area contributed by atoms with Crippen molar-refractivity contribution < 1.29 is 4.79 Å². The lowest BCUT2D eigenvalue weighted by molar-refractivity contribution is 0.102. The second kappa shape index (κ2) is 6.60. The highest BCUT2D eigenvalue weighted by molar-refractivity contribution is 6.30. The van der Waals surface area contributed by atoms with Gasteiger partial charge in [0.1, 0.15) is 0 Å². The molecule has 0 radical (unpaired) electrons. The van der Waals surface area contributed by atoms with E-state index in [4.69, 9.17) is 11.6 Å². The maximum atomic E-state index is 12.7. The van der Waals surface area contributed by atoms with Crippen LogP contribution in [-0.2, 0) is 10.8 Å². The summed E-state index contributed by atoms with van der Waals surface area (Å²) in [6, 6.07) is 13.4. The monoisotopic (exact) mass is 343 g/mol. The molecule has 0 fully saturated rings. The molecule has 0 aromatic heterocycles. The predicted molar refractivity (Wildman–Crippen MR) is 103 cm³/mol. The molecule has 0 spiro atoms. The van der Waals surface area contributed by atoms with Gasteiger partial charge in [-0.1, -0.05) is 65.3 Å². The second-order valence-corrected chi connectivity index (χ2v) is 8.70. The number of rotatable bonds is 2. The lowest BCUT2D eigenvalue weighted by Gasteiger charge is -2.26. The van der Waals surface area contributed by atoms with E-state index in [1.54, 1.807) is 12.1 Å². The summed E-state index contributed by atoms with van der Waals surface area (Å²) >= 11 is 5.99. The van der Waals surface area contributed by atoms with E-state index < -0.39 is 0 Å². The zero-order valence-corrected chi connectivity index (χ0v) is 16.1. The highest BCUT2D eigenvalue weighted by Crippen LogP contribution is 2.30. The Morgan fingerprint density at radius 2 is 1.42 bits per heavy atom. The van der Waals surface area contributed by atoms with Gasteiger partial charge < -0.3 is 5.32 Å². The summed E-state index contributed by atoms with van der Waals surface area (Å²) in [6.45, 7) is 13.0. The average Bonchev–Trinajstić information content (AvgIpc) is 2.45. The highest BCUT2D eigenvalue weighted by Gasteiger charge is 2.22. The number of benzene rings is 2. The Bertz CT molecular complexity index is 719. The zero-order valence-electron chi connectivity index (χ0n) is 15.3. The van der Waals surface area contributed by atoms with Gasteiger partial charge in [0, 0.05) is 16.3 Å². The molecule has 0 unspecified atom stereocenters. The minimum Gasteiger partial charge on any atom is -0.322 e. The largest absolute Gasteiger partial charge is 0.322 e. The second-order valence-electron chi connectivity index (χ2n) is 8.26. The molecule has 128 valence electrons. The van der Waals surface area contributed by atoms with Gasteiger partial charge in [-0.25, -0.2) is 0 Å². The number of carbonyl (C=O) groups excluding carboxylic acids is 1. The molecular weight excluding hydrogens is 318 g/mol. The molecule has 0 saturated carbocycles. The van der Waals surface area contributed by atoms with Crippen LogP contribution in [0.3, 0.4) is 0 Å². The minimum absolute atomic E-state index is 0.0215. The molecule has 0 aliphatic carbocycles. The number of amides is 1. The molecule has 0 bridgehead atoms. The number of hydrogen-bond donors (Lipinski definition) is 1. The molecule has 0 atom stereocenters. The van der Waals surface area contributed by atoms with Crippen LogP contribution >= 0.6 is 11.6 Å². The Morgan fingerprint density at radius 3 is 1.88 bits per heavy atom. The van der Waals surface area contributed by atoms with Crippen LogP contribution in [0.15, 0.2) is 42.5 Å². The van der Waals surface area contributed by atoms with Crippen LogP contribution in [0.5, 0.6) is 0 Å². The molecule has 24 heavy (non-hydrogen) atoms. The lowest BCUT2D eigenvalue weighted by atomic mass is 9.79. The standard InChI is InChI=1S/C21H26ClNO/c1-20(2,3)15-10-14(11-16(12-15)21(4,5)6)19(24)23-18-9-7-8-17(22)13-18/h7-13H,1-6H3,(H,23,24). The third-order valence-corrected chi connectivity index (χ3v) is 4.24. The molecule has 2 nitrogen and oxygen atoms in total. The Balaban J connectivity index is 2.43. The molecule has 1 amide bonds. The fraction of sp³-hybridized carbons (Fsp3) is 0.381. The Labute approximate surface area is 150 Å². The van der Waals surface area contributed by atoms with Crippen molar-refractivity contribution in [2.24, 2.45) is 0 Å². The molecule has 1 N–H and O–H groups in total. The van der Waals surface area contributed by atoms with E-state index in [1.807, 2.05) is 24.3 Å². The van der Waals surface area contributed by atoms with Gasteiger partial charge in [0.05, 0.1) is 0 Å². The van der Waals surface area contributed by atoms with Gasteiger partial charge in [0.15, 0.2) is 0 Å². The van der Waals surface area contributed by atoms with Crippen molar-refractivity contribution in [3.8, 4) is 0 Å².